The van der Waals surface area contributed by atoms with Crippen LogP contribution in [0.5, 0.6) is 0 Å². The number of amides is 1. The summed E-state index contributed by atoms with van der Waals surface area (Å²) in [7, 11) is 0. The van der Waals surface area contributed by atoms with Gasteiger partial charge in [0.25, 0.3) is 0 Å². The number of aryl methyl sites for hydroxylation is 1. The highest BCUT2D eigenvalue weighted by atomic mass is 16.5. The van der Waals surface area contributed by atoms with Crippen molar-refractivity contribution in [1.29, 1.82) is 0 Å². The van der Waals surface area contributed by atoms with Gasteiger partial charge in [-0.25, -0.2) is 0 Å². The van der Waals surface area contributed by atoms with Gasteiger partial charge in [0.15, 0.2) is 0 Å². The first-order valence-corrected chi connectivity index (χ1v) is 8.51. The van der Waals surface area contributed by atoms with Gasteiger partial charge in [-0.2, -0.15) is 9.61 Å². The second-order valence-corrected chi connectivity index (χ2v) is 6.47. The fraction of sp³-hybridized carbons (Fsp3) is 0.625. The van der Waals surface area contributed by atoms with E-state index in [0.717, 1.165) is 56.0 Å². The average molecular weight is 330 g/mol. The lowest BCUT2D eigenvalue weighted by Crippen LogP contribution is -2.46. The second kappa shape index (κ2) is 6.35. The predicted octanol–water partition coefficient (Wildman–Crippen LogP) is 0.508. The summed E-state index contributed by atoms with van der Waals surface area (Å²) in [6.07, 6.45) is 3.37. The maximum absolute atomic E-state index is 12.6. The summed E-state index contributed by atoms with van der Waals surface area (Å²) in [6, 6.07) is 2.05. The van der Waals surface area contributed by atoms with Gasteiger partial charge in [0.1, 0.15) is 6.33 Å². The van der Waals surface area contributed by atoms with Crippen molar-refractivity contribution in [1.82, 2.24) is 24.7 Å². The van der Waals surface area contributed by atoms with Crippen molar-refractivity contribution in [3.05, 3.63) is 18.1 Å². The molecular weight excluding hydrogens is 308 g/mol. The number of hydrogen-bond acceptors (Lipinski definition) is 6. The topological polar surface area (TPSA) is 75.9 Å². The van der Waals surface area contributed by atoms with Crippen molar-refractivity contribution in [2.24, 2.45) is 5.92 Å². The summed E-state index contributed by atoms with van der Waals surface area (Å²) in [5.41, 5.74) is 2.76. The first kappa shape index (κ1) is 15.3. The molecule has 24 heavy (non-hydrogen) atoms. The number of ether oxygens (including phenoxy) is 1. The number of morpholine rings is 1. The van der Waals surface area contributed by atoms with Crippen molar-refractivity contribution >= 4 is 17.2 Å². The van der Waals surface area contributed by atoms with Gasteiger partial charge < -0.3 is 14.5 Å². The summed E-state index contributed by atoms with van der Waals surface area (Å²) in [5, 5.41) is 12.5. The third-order valence-corrected chi connectivity index (χ3v) is 4.88. The Kier molecular flexibility index (Phi) is 4.05. The third-order valence-electron chi connectivity index (χ3n) is 4.88. The Morgan fingerprint density at radius 1 is 1.21 bits per heavy atom. The molecule has 128 valence electrons. The van der Waals surface area contributed by atoms with E-state index in [2.05, 4.69) is 20.2 Å². The molecule has 0 saturated carbocycles. The predicted molar refractivity (Wildman–Crippen MR) is 87.9 cm³/mol. The molecule has 0 aromatic carbocycles. The van der Waals surface area contributed by atoms with E-state index < -0.39 is 0 Å². The van der Waals surface area contributed by atoms with E-state index in [1.54, 1.807) is 10.8 Å². The zero-order valence-electron chi connectivity index (χ0n) is 13.9. The Balaban J connectivity index is 1.45. The number of rotatable bonds is 2. The Hall–Kier alpha value is -2.22. The van der Waals surface area contributed by atoms with Crippen molar-refractivity contribution in [2.45, 2.75) is 19.8 Å². The number of hydrogen-bond donors (Lipinski definition) is 0. The van der Waals surface area contributed by atoms with Crippen molar-refractivity contribution in [3.63, 3.8) is 0 Å². The quantitative estimate of drug-likeness (QED) is 0.798. The van der Waals surface area contributed by atoms with Crippen LogP contribution >= 0.6 is 0 Å². The fourth-order valence-electron chi connectivity index (χ4n) is 3.57. The van der Waals surface area contributed by atoms with Gasteiger partial charge in [-0.3, -0.25) is 4.79 Å². The molecule has 0 atom stereocenters. The number of aromatic nitrogens is 4. The largest absolute Gasteiger partial charge is 0.378 e. The van der Waals surface area contributed by atoms with Gasteiger partial charge in [-0.1, -0.05) is 0 Å². The SMILES string of the molecule is Cc1cc(N2CCC(C(=O)N3CCOCC3)CC2)c2nncn2n1. The molecule has 2 fully saturated rings. The molecular formula is C16H22N6O2. The number of carbonyl (C=O) groups is 1. The van der Waals surface area contributed by atoms with E-state index in [-0.39, 0.29) is 11.8 Å². The third kappa shape index (κ3) is 2.82. The molecule has 8 nitrogen and oxygen atoms in total. The molecule has 0 spiro atoms. The van der Waals surface area contributed by atoms with Crippen molar-refractivity contribution in [3.8, 4) is 0 Å². The van der Waals surface area contributed by atoms with E-state index in [0.29, 0.717) is 13.2 Å². The molecule has 8 heteroatoms. The molecule has 2 aliphatic rings. The zero-order valence-corrected chi connectivity index (χ0v) is 13.9. The van der Waals surface area contributed by atoms with Crippen molar-refractivity contribution < 1.29 is 9.53 Å². The molecule has 0 unspecified atom stereocenters. The lowest BCUT2D eigenvalue weighted by molar-refractivity contribution is -0.140. The Morgan fingerprint density at radius 3 is 2.71 bits per heavy atom. The number of nitrogens with zero attached hydrogens (tertiary/aromatic N) is 6. The summed E-state index contributed by atoms with van der Waals surface area (Å²) >= 11 is 0. The Labute approximate surface area is 140 Å². The van der Waals surface area contributed by atoms with Crippen LogP contribution < -0.4 is 4.90 Å². The lowest BCUT2D eigenvalue weighted by Gasteiger charge is -2.36. The van der Waals surface area contributed by atoms with Gasteiger partial charge in [0.2, 0.25) is 11.6 Å². The first-order chi connectivity index (χ1) is 11.7. The molecule has 0 radical (unpaired) electrons. The van der Waals surface area contributed by atoms with Gasteiger partial charge in [0.05, 0.1) is 24.6 Å². The number of anilines is 1. The highest BCUT2D eigenvalue weighted by Gasteiger charge is 2.30. The van der Waals surface area contributed by atoms with Crippen LogP contribution in [0.15, 0.2) is 12.4 Å². The molecule has 0 aliphatic carbocycles. The molecule has 2 aliphatic heterocycles. The molecule has 1 amide bonds. The smallest absolute Gasteiger partial charge is 0.225 e. The van der Waals surface area contributed by atoms with E-state index in [4.69, 9.17) is 4.74 Å². The molecule has 2 aromatic heterocycles. The van der Waals surface area contributed by atoms with Crippen LogP contribution in [0.2, 0.25) is 0 Å². The van der Waals surface area contributed by atoms with E-state index >= 15 is 0 Å². The molecule has 0 bridgehead atoms. The monoisotopic (exact) mass is 330 g/mol. The van der Waals surface area contributed by atoms with Crippen LogP contribution in [-0.4, -0.2) is 70.0 Å². The second-order valence-electron chi connectivity index (χ2n) is 6.47. The van der Waals surface area contributed by atoms with Crippen LogP contribution in [-0.2, 0) is 9.53 Å². The van der Waals surface area contributed by atoms with E-state index in [9.17, 15) is 4.79 Å². The number of fused-ring (bicyclic) bond motifs is 1. The number of carbonyl (C=O) groups excluding carboxylic acids is 1. The number of piperidine rings is 1. The standard InChI is InChI=1S/C16H22N6O2/c1-12-10-14(15-18-17-11-22(15)19-12)20-4-2-13(3-5-20)16(23)21-6-8-24-9-7-21/h10-11,13H,2-9H2,1H3. The van der Waals surface area contributed by atoms with Gasteiger partial charge in [-0.15, -0.1) is 10.2 Å². The zero-order chi connectivity index (χ0) is 16.5. The molecule has 4 heterocycles. The minimum absolute atomic E-state index is 0.121. The summed E-state index contributed by atoms with van der Waals surface area (Å²) in [6.45, 7) is 6.44. The molecule has 4 rings (SSSR count). The van der Waals surface area contributed by atoms with Crippen LogP contribution in [0.3, 0.4) is 0 Å². The van der Waals surface area contributed by atoms with E-state index in [1.165, 1.54) is 0 Å². The maximum atomic E-state index is 12.6. The Bertz CT molecular complexity index is 731. The van der Waals surface area contributed by atoms with Gasteiger partial charge >= 0.3 is 0 Å². The summed E-state index contributed by atoms with van der Waals surface area (Å²) in [5.74, 6) is 0.410. The first-order valence-electron chi connectivity index (χ1n) is 8.51. The molecule has 2 saturated heterocycles. The highest BCUT2D eigenvalue weighted by molar-refractivity contribution is 5.79. The Morgan fingerprint density at radius 2 is 1.96 bits per heavy atom. The van der Waals surface area contributed by atoms with Gasteiger partial charge in [0, 0.05) is 32.1 Å². The van der Waals surface area contributed by atoms with E-state index in [1.807, 2.05) is 17.9 Å². The summed E-state index contributed by atoms with van der Waals surface area (Å²) in [4.78, 5) is 16.9. The minimum atomic E-state index is 0.121. The lowest BCUT2D eigenvalue weighted by atomic mass is 9.94. The molecule has 2 aromatic rings. The summed E-state index contributed by atoms with van der Waals surface area (Å²) < 4.78 is 7.05. The van der Waals surface area contributed by atoms with Crippen LogP contribution in [0.4, 0.5) is 5.69 Å². The van der Waals surface area contributed by atoms with Crippen molar-refractivity contribution in [2.75, 3.05) is 44.3 Å². The van der Waals surface area contributed by atoms with Crippen LogP contribution in [0, 0.1) is 12.8 Å². The van der Waals surface area contributed by atoms with Crippen LogP contribution in [0.1, 0.15) is 18.5 Å². The normalized spacial score (nSPS) is 19.9. The average Bonchev–Trinajstić information content (AvgIpc) is 3.09. The minimum Gasteiger partial charge on any atom is -0.378 e. The van der Waals surface area contributed by atoms with Gasteiger partial charge in [-0.05, 0) is 25.8 Å². The maximum Gasteiger partial charge on any atom is 0.225 e. The van der Waals surface area contributed by atoms with Crippen LogP contribution in [0.25, 0.3) is 5.65 Å². The highest BCUT2D eigenvalue weighted by Crippen LogP contribution is 2.27. The molecule has 0 N–H and O–H groups in total. The fourth-order valence-corrected chi connectivity index (χ4v) is 3.57.